The van der Waals surface area contributed by atoms with Crippen molar-refractivity contribution in [3.63, 3.8) is 0 Å². The SMILES string of the molecule is O=C(OP(=O)(O)O)c1ccccc1Cc1ccccc1. The second-order valence-corrected chi connectivity index (χ2v) is 5.35. The molecule has 0 unspecified atom stereocenters. The van der Waals surface area contributed by atoms with E-state index in [9.17, 15) is 9.36 Å². The number of carbonyl (C=O) groups is 1. The van der Waals surface area contributed by atoms with Gasteiger partial charge in [0.2, 0.25) is 0 Å². The van der Waals surface area contributed by atoms with Crippen LogP contribution in [0.15, 0.2) is 54.6 Å². The molecule has 2 aromatic carbocycles. The summed E-state index contributed by atoms with van der Waals surface area (Å²) < 4.78 is 14.9. The summed E-state index contributed by atoms with van der Waals surface area (Å²) in [6.45, 7) is 0. The molecule has 0 radical (unpaired) electrons. The van der Waals surface area contributed by atoms with Gasteiger partial charge in [-0.05, 0) is 23.6 Å². The van der Waals surface area contributed by atoms with Gasteiger partial charge in [-0.3, -0.25) is 9.79 Å². The molecule has 0 aliphatic heterocycles. The summed E-state index contributed by atoms with van der Waals surface area (Å²) in [6, 6.07) is 16.0. The zero-order valence-corrected chi connectivity index (χ0v) is 11.4. The highest BCUT2D eigenvalue weighted by Crippen LogP contribution is 2.37. The largest absolute Gasteiger partial charge is 0.527 e. The fourth-order valence-electron chi connectivity index (χ4n) is 1.85. The Labute approximate surface area is 116 Å². The van der Waals surface area contributed by atoms with Crippen LogP contribution in [0.25, 0.3) is 0 Å². The molecule has 0 fully saturated rings. The third kappa shape index (κ3) is 4.03. The van der Waals surface area contributed by atoms with Crippen LogP contribution in [0.4, 0.5) is 0 Å². The van der Waals surface area contributed by atoms with Crippen molar-refractivity contribution in [3.8, 4) is 0 Å². The highest BCUT2D eigenvalue weighted by Gasteiger charge is 2.23. The maximum absolute atomic E-state index is 11.8. The molecule has 0 aromatic heterocycles. The summed E-state index contributed by atoms with van der Waals surface area (Å²) in [5.41, 5.74) is 1.79. The van der Waals surface area contributed by atoms with E-state index in [4.69, 9.17) is 9.79 Å². The first-order valence-electron chi connectivity index (χ1n) is 5.87. The second kappa shape index (κ2) is 6.01. The van der Waals surface area contributed by atoms with Gasteiger partial charge in [0.25, 0.3) is 0 Å². The Bertz CT molecular complexity index is 648. The van der Waals surface area contributed by atoms with Crippen LogP contribution in [0, 0.1) is 0 Å². The maximum atomic E-state index is 11.8. The van der Waals surface area contributed by atoms with Gasteiger partial charge in [0, 0.05) is 0 Å². The fraction of sp³-hybridized carbons (Fsp3) is 0.0714. The van der Waals surface area contributed by atoms with Gasteiger partial charge in [-0.15, -0.1) is 0 Å². The average molecular weight is 292 g/mol. The van der Waals surface area contributed by atoms with E-state index < -0.39 is 13.8 Å². The molecule has 0 aliphatic rings. The van der Waals surface area contributed by atoms with E-state index in [1.54, 1.807) is 18.2 Å². The van der Waals surface area contributed by atoms with E-state index in [0.29, 0.717) is 12.0 Å². The van der Waals surface area contributed by atoms with Crippen LogP contribution in [0.2, 0.25) is 0 Å². The molecular formula is C14H13O5P. The van der Waals surface area contributed by atoms with Crippen LogP contribution >= 0.6 is 7.82 Å². The van der Waals surface area contributed by atoms with Gasteiger partial charge in [0.1, 0.15) is 0 Å². The quantitative estimate of drug-likeness (QED) is 0.846. The monoisotopic (exact) mass is 292 g/mol. The minimum atomic E-state index is -4.84. The molecule has 2 N–H and O–H groups in total. The topological polar surface area (TPSA) is 83.8 Å². The lowest BCUT2D eigenvalue weighted by atomic mass is 10.00. The second-order valence-electron chi connectivity index (χ2n) is 4.19. The Balaban J connectivity index is 2.27. The standard InChI is InChI=1S/C14H13O5P/c15-14(19-20(16,17)18)13-9-5-4-8-12(13)10-11-6-2-1-3-7-11/h1-9H,10H2,(H2,16,17,18). The van der Waals surface area contributed by atoms with E-state index in [0.717, 1.165) is 5.56 Å². The first-order chi connectivity index (χ1) is 9.46. The molecule has 0 bridgehead atoms. The van der Waals surface area contributed by atoms with Gasteiger partial charge in [0.05, 0.1) is 5.56 Å². The highest BCUT2D eigenvalue weighted by molar-refractivity contribution is 7.46. The highest BCUT2D eigenvalue weighted by atomic mass is 31.2. The van der Waals surface area contributed by atoms with E-state index in [2.05, 4.69) is 4.52 Å². The molecule has 0 spiro atoms. The average Bonchev–Trinajstić information content (AvgIpc) is 2.38. The van der Waals surface area contributed by atoms with Crippen molar-refractivity contribution in [3.05, 3.63) is 71.3 Å². The van der Waals surface area contributed by atoms with Gasteiger partial charge in [-0.25, -0.2) is 9.36 Å². The molecule has 0 amide bonds. The third-order valence-corrected chi connectivity index (χ3v) is 3.08. The van der Waals surface area contributed by atoms with Crippen LogP contribution in [-0.4, -0.2) is 15.8 Å². The van der Waals surface area contributed by atoms with Crippen molar-refractivity contribution in [2.75, 3.05) is 0 Å². The number of benzene rings is 2. The van der Waals surface area contributed by atoms with Crippen molar-refractivity contribution < 1.29 is 23.7 Å². The number of phosphoric acid groups is 1. The van der Waals surface area contributed by atoms with Gasteiger partial charge < -0.3 is 4.52 Å². The van der Waals surface area contributed by atoms with Crippen molar-refractivity contribution in [1.82, 2.24) is 0 Å². The van der Waals surface area contributed by atoms with E-state index in [-0.39, 0.29) is 5.56 Å². The van der Waals surface area contributed by atoms with Crippen molar-refractivity contribution >= 4 is 13.8 Å². The number of phosphoric ester groups is 1. The van der Waals surface area contributed by atoms with Crippen molar-refractivity contribution in [1.29, 1.82) is 0 Å². The summed E-state index contributed by atoms with van der Waals surface area (Å²) in [4.78, 5) is 29.2. The predicted octanol–water partition coefficient (Wildman–Crippen LogP) is 2.53. The zero-order chi connectivity index (χ0) is 14.6. The molecule has 0 heterocycles. The zero-order valence-electron chi connectivity index (χ0n) is 10.5. The van der Waals surface area contributed by atoms with Gasteiger partial charge in [-0.1, -0.05) is 48.5 Å². The molecule has 104 valence electrons. The lowest BCUT2D eigenvalue weighted by molar-refractivity contribution is 0.0677. The summed E-state index contributed by atoms with van der Waals surface area (Å²) in [5.74, 6) is -1.02. The minimum Gasteiger partial charge on any atom is -0.367 e. The van der Waals surface area contributed by atoms with E-state index in [1.165, 1.54) is 6.07 Å². The molecule has 5 nitrogen and oxygen atoms in total. The van der Waals surface area contributed by atoms with E-state index >= 15 is 0 Å². The van der Waals surface area contributed by atoms with Gasteiger partial charge >= 0.3 is 13.8 Å². The molecule has 0 saturated carbocycles. The molecule has 20 heavy (non-hydrogen) atoms. The summed E-state index contributed by atoms with van der Waals surface area (Å²) >= 11 is 0. The van der Waals surface area contributed by atoms with Crippen LogP contribution in [0.5, 0.6) is 0 Å². The third-order valence-electron chi connectivity index (χ3n) is 2.68. The summed E-state index contributed by atoms with van der Waals surface area (Å²) in [5, 5.41) is 0. The maximum Gasteiger partial charge on any atom is 0.527 e. The lowest BCUT2D eigenvalue weighted by Gasteiger charge is -2.10. The number of hydrogen-bond acceptors (Lipinski definition) is 3. The Kier molecular flexibility index (Phi) is 4.35. The Hall–Kier alpha value is -1.94. The minimum absolute atomic E-state index is 0.152. The first-order valence-corrected chi connectivity index (χ1v) is 7.40. The molecule has 0 aliphatic carbocycles. The van der Waals surface area contributed by atoms with Crippen molar-refractivity contribution in [2.45, 2.75) is 6.42 Å². The number of carbonyl (C=O) groups excluding carboxylic acids is 1. The van der Waals surface area contributed by atoms with Gasteiger partial charge in [0.15, 0.2) is 0 Å². The molecular weight excluding hydrogens is 279 g/mol. The molecule has 6 heteroatoms. The Morgan fingerprint density at radius 1 is 1.00 bits per heavy atom. The Morgan fingerprint density at radius 3 is 2.25 bits per heavy atom. The van der Waals surface area contributed by atoms with Crippen LogP contribution in [0.3, 0.4) is 0 Å². The summed E-state index contributed by atoms with van der Waals surface area (Å²) in [6.07, 6.45) is 0.479. The van der Waals surface area contributed by atoms with Crippen LogP contribution in [0.1, 0.15) is 21.5 Å². The lowest BCUT2D eigenvalue weighted by Crippen LogP contribution is -2.07. The van der Waals surface area contributed by atoms with Crippen LogP contribution < -0.4 is 0 Å². The Morgan fingerprint density at radius 2 is 1.60 bits per heavy atom. The molecule has 0 atom stereocenters. The smallest absolute Gasteiger partial charge is 0.367 e. The van der Waals surface area contributed by atoms with E-state index in [1.807, 2.05) is 30.3 Å². The summed E-state index contributed by atoms with van der Waals surface area (Å²) in [7, 11) is -4.84. The van der Waals surface area contributed by atoms with Crippen molar-refractivity contribution in [2.24, 2.45) is 0 Å². The molecule has 2 aromatic rings. The first kappa shape index (κ1) is 14.5. The number of rotatable bonds is 4. The van der Waals surface area contributed by atoms with Gasteiger partial charge in [-0.2, -0.15) is 0 Å². The molecule has 0 saturated heterocycles. The molecule has 2 rings (SSSR count). The van der Waals surface area contributed by atoms with Crippen LogP contribution in [-0.2, 0) is 15.5 Å². The fourth-order valence-corrected chi connectivity index (χ4v) is 2.16. The normalized spacial score (nSPS) is 11.1. The predicted molar refractivity (Wildman–Crippen MR) is 73.1 cm³/mol. The number of hydrogen-bond donors (Lipinski definition) is 2.